The van der Waals surface area contributed by atoms with Gasteiger partial charge < -0.3 is 10.4 Å². The van der Waals surface area contributed by atoms with E-state index in [0.717, 1.165) is 5.57 Å². The zero-order valence-corrected chi connectivity index (χ0v) is 16.1. The summed E-state index contributed by atoms with van der Waals surface area (Å²) in [7, 11) is 0. The van der Waals surface area contributed by atoms with Crippen LogP contribution in [0.1, 0.15) is 28.7 Å². The predicted octanol–water partition coefficient (Wildman–Crippen LogP) is 5.66. The molecule has 2 aromatic carbocycles. The first-order valence-corrected chi connectivity index (χ1v) is 8.97. The first kappa shape index (κ1) is 19.9. The molecule has 0 aliphatic heterocycles. The highest BCUT2D eigenvalue weighted by molar-refractivity contribution is 5.98. The Hall–Kier alpha value is -3.80. The second-order valence-corrected chi connectivity index (χ2v) is 6.36. The maximum absolute atomic E-state index is 13.6. The van der Waals surface area contributed by atoms with E-state index in [4.69, 9.17) is 0 Å². The minimum atomic E-state index is -1.04. The standard InChI is InChI=1S/C23H20FN3O2/c1-4-6-7-15(5-2)21-26-20-11-8-16(23(28)29)13-18(20)22(27-21)25-17-9-10-19(24)14(3)12-17/h4-13H,1H2,2-3H3,(H,28,29)(H,25,26,27)/b7-6-,15-5+. The molecule has 146 valence electrons. The number of nitrogens with one attached hydrogen (secondary N) is 1. The molecule has 0 spiro atoms. The van der Waals surface area contributed by atoms with E-state index in [1.807, 2.05) is 19.1 Å². The molecule has 0 aliphatic rings. The highest BCUT2D eigenvalue weighted by Crippen LogP contribution is 2.28. The average molecular weight is 389 g/mol. The average Bonchev–Trinajstić information content (AvgIpc) is 2.71. The molecule has 1 aromatic heterocycles. The molecule has 0 atom stereocenters. The van der Waals surface area contributed by atoms with Crippen LogP contribution in [-0.2, 0) is 0 Å². The number of carboxylic acid groups (broad SMARTS) is 1. The number of benzene rings is 2. The highest BCUT2D eigenvalue weighted by atomic mass is 19.1. The molecule has 0 saturated carbocycles. The van der Waals surface area contributed by atoms with Crippen LogP contribution in [0.5, 0.6) is 0 Å². The predicted molar refractivity (Wildman–Crippen MR) is 114 cm³/mol. The minimum Gasteiger partial charge on any atom is -0.478 e. The van der Waals surface area contributed by atoms with Crippen LogP contribution < -0.4 is 5.32 Å². The van der Waals surface area contributed by atoms with Gasteiger partial charge in [0, 0.05) is 16.6 Å². The molecule has 0 radical (unpaired) electrons. The third kappa shape index (κ3) is 4.38. The zero-order valence-electron chi connectivity index (χ0n) is 16.1. The molecule has 3 rings (SSSR count). The largest absolute Gasteiger partial charge is 0.478 e. The second-order valence-electron chi connectivity index (χ2n) is 6.36. The number of halogens is 1. The summed E-state index contributed by atoms with van der Waals surface area (Å²) in [5.41, 5.74) is 2.63. The lowest BCUT2D eigenvalue weighted by atomic mass is 10.1. The van der Waals surface area contributed by atoms with E-state index in [2.05, 4.69) is 21.9 Å². The van der Waals surface area contributed by atoms with Gasteiger partial charge in [0.25, 0.3) is 0 Å². The van der Waals surface area contributed by atoms with Gasteiger partial charge >= 0.3 is 5.97 Å². The van der Waals surface area contributed by atoms with Crippen molar-refractivity contribution in [3.05, 3.63) is 90.0 Å². The first-order valence-electron chi connectivity index (χ1n) is 8.97. The molecule has 29 heavy (non-hydrogen) atoms. The number of aromatic nitrogens is 2. The van der Waals surface area contributed by atoms with Crippen LogP contribution in [-0.4, -0.2) is 21.0 Å². The van der Waals surface area contributed by atoms with Crippen LogP contribution in [0.3, 0.4) is 0 Å². The van der Waals surface area contributed by atoms with Crippen molar-refractivity contribution in [2.75, 3.05) is 5.32 Å². The number of rotatable bonds is 6. The van der Waals surface area contributed by atoms with Crippen molar-refractivity contribution >= 4 is 34.0 Å². The lowest BCUT2D eigenvalue weighted by molar-refractivity contribution is 0.0697. The molecule has 6 heteroatoms. The van der Waals surface area contributed by atoms with Crippen LogP contribution in [0.4, 0.5) is 15.9 Å². The normalized spacial score (nSPS) is 11.8. The molecule has 0 fully saturated rings. The molecule has 3 aromatic rings. The topological polar surface area (TPSA) is 75.1 Å². The van der Waals surface area contributed by atoms with Crippen LogP contribution >= 0.6 is 0 Å². The van der Waals surface area contributed by atoms with Gasteiger partial charge in [0.2, 0.25) is 0 Å². The SMILES string of the molecule is C=C/C=C\C(=C/C)c1nc(Nc2ccc(F)c(C)c2)c2cc(C(=O)O)ccc2n1. The van der Waals surface area contributed by atoms with E-state index in [-0.39, 0.29) is 11.4 Å². The van der Waals surface area contributed by atoms with Crippen molar-refractivity contribution < 1.29 is 14.3 Å². The van der Waals surface area contributed by atoms with E-state index in [1.54, 1.807) is 37.3 Å². The van der Waals surface area contributed by atoms with E-state index < -0.39 is 5.97 Å². The number of anilines is 2. The number of aromatic carboxylic acids is 1. The van der Waals surface area contributed by atoms with Crippen molar-refractivity contribution in [1.29, 1.82) is 0 Å². The Labute approximate surface area is 167 Å². The van der Waals surface area contributed by atoms with E-state index in [9.17, 15) is 14.3 Å². The molecule has 1 heterocycles. The number of allylic oxidation sites excluding steroid dienone is 5. The van der Waals surface area contributed by atoms with Crippen LogP contribution in [0.2, 0.25) is 0 Å². The number of carbonyl (C=O) groups is 1. The second kappa shape index (κ2) is 8.48. The summed E-state index contributed by atoms with van der Waals surface area (Å²) in [6, 6.07) is 9.31. The Balaban J connectivity index is 2.20. The summed E-state index contributed by atoms with van der Waals surface area (Å²) in [5, 5.41) is 13.1. The van der Waals surface area contributed by atoms with Gasteiger partial charge in [0.1, 0.15) is 11.6 Å². The molecule has 0 saturated heterocycles. The fraction of sp³-hybridized carbons (Fsp3) is 0.0870. The van der Waals surface area contributed by atoms with Crippen LogP contribution in [0.25, 0.3) is 16.5 Å². The Morgan fingerprint density at radius 3 is 2.66 bits per heavy atom. The molecule has 5 nitrogen and oxygen atoms in total. The molecule has 2 N–H and O–H groups in total. The first-order chi connectivity index (χ1) is 13.9. The van der Waals surface area contributed by atoms with Crippen LogP contribution in [0, 0.1) is 12.7 Å². The molecular weight excluding hydrogens is 369 g/mol. The molecular formula is C23H20FN3O2. The quantitative estimate of drug-likeness (QED) is 0.532. The maximum atomic E-state index is 13.6. The molecule has 0 amide bonds. The number of nitrogens with zero attached hydrogens (tertiary/aromatic N) is 2. The van der Waals surface area contributed by atoms with Gasteiger partial charge in [-0.15, -0.1) is 0 Å². The van der Waals surface area contributed by atoms with Gasteiger partial charge in [0.05, 0.1) is 11.1 Å². The third-order valence-electron chi connectivity index (χ3n) is 4.34. The lowest BCUT2D eigenvalue weighted by Crippen LogP contribution is -2.03. The number of hydrogen-bond acceptors (Lipinski definition) is 4. The van der Waals surface area contributed by atoms with Crippen molar-refractivity contribution in [2.24, 2.45) is 0 Å². The summed E-state index contributed by atoms with van der Waals surface area (Å²) in [6.45, 7) is 7.22. The van der Waals surface area contributed by atoms with E-state index >= 15 is 0 Å². The summed E-state index contributed by atoms with van der Waals surface area (Å²) in [4.78, 5) is 20.6. The Kier molecular flexibility index (Phi) is 5.83. The summed E-state index contributed by atoms with van der Waals surface area (Å²) in [5.74, 6) is -0.432. The fourth-order valence-corrected chi connectivity index (χ4v) is 2.82. The number of aryl methyl sites for hydroxylation is 1. The summed E-state index contributed by atoms with van der Waals surface area (Å²) >= 11 is 0. The maximum Gasteiger partial charge on any atom is 0.335 e. The number of carboxylic acids is 1. The lowest BCUT2D eigenvalue weighted by Gasteiger charge is -2.12. The van der Waals surface area contributed by atoms with Gasteiger partial charge in [-0.1, -0.05) is 30.9 Å². The molecule has 0 aliphatic carbocycles. The number of fused-ring (bicyclic) bond motifs is 1. The molecule has 0 bridgehead atoms. The smallest absolute Gasteiger partial charge is 0.335 e. The Morgan fingerprint density at radius 1 is 1.21 bits per heavy atom. The summed E-state index contributed by atoms with van der Waals surface area (Å²) < 4.78 is 13.6. The van der Waals surface area contributed by atoms with Crippen LogP contribution in [0.15, 0.2) is 67.3 Å². The minimum absolute atomic E-state index is 0.130. The van der Waals surface area contributed by atoms with Gasteiger partial charge in [-0.05, 0) is 55.8 Å². The molecule has 0 unspecified atom stereocenters. The van der Waals surface area contributed by atoms with Gasteiger partial charge in [-0.3, -0.25) is 0 Å². The van der Waals surface area contributed by atoms with Gasteiger partial charge in [-0.2, -0.15) is 0 Å². The Morgan fingerprint density at radius 2 is 2.00 bits per heavy atom. The van der Waals surface area contributed by atoms with Crippen molar-refractivity contribution in [3.63, 3.8) is 0 Å². The third-order valence-corrected chi connectivity index (χ3v) is 4.34. The van der Waals surface area contributed by atoms with Gasteiger partial charge in [-0.25, -0.2) is 19.2 Å². The highest BCUT2D eigenvalue weighted by Gasteiger charge is 2.13. The van der Waals surface area contributed by atoms with E-state index in [1.165, 1.54) is 18.2 Å². The van der Waals surface area contributed by atoms with Crippen molar-refractivity contribution in [3.8, 4) is 0 Å². The van der Waals surface area contributed by atoms with Crippen molar-refractivity contribution in [2.45, 2.75) is 13.8 Å². The van der Waals surface area contributed by atoms with Crippen molar-refractivity contribution in [1.82, 2.24) is 9.97 Å². The van der Waals surface area contributed by atoms with E-state index in [0.29, 0.717) is 33.8 Å². The van der Waals surface area contributed by atoms with Gasteiger partial charge in [0.15, 0.2) is 5.82 Å². The number of hydrogen-bond donors (Lipinski definition) is 2. The Bertz CT molecular complexity index is 1170. The summed E-state index contributed by atoms with van der Waals surface area (Å²) in [6.07, 6.45) is 7.15. The zero-order chi connectivity index (χ0) is 21.0. The fourth-order valence-electron chi connectivity index (χ4n) is 2.82. The monoisotopic (exact) mass is 389 g/mol.